The van der Waals surface area contributed by atoms with Crippen molar-refractivity contribution in [1.82, 2.24) is 0 Å². The second-order valence-corrected chi connectivity index (χ2v) is 3.33. The molecule has 90 valence electrons. The summed E-state index contributed by atoms with van der Waals surface area (Å²) >= 11 is 0. The summed E-state index contributed by atoms with van der Waals surface area (Å²) in [5.74, 6) is -0.0760. The van der Waals surface area contributed by atoms with Gasteiger partial charge in [0.05, 0.1) is 13.2 Å². The quantitative estimate of drug-likeness (QED) is 0.755. The zero-order chi connectivity index (χ0) is 12.0. The second kappa shape index (κ2) is 6.42. The van der Waals surface area contributed by atoms with E-state index >= 15 is 0 Å². The maximum atomic E-state index is 12.8. The van der Waals surface area contributed by atoms with Crippen LogP contribution >= 0.6 is 0 Å². The molecule has 0 aliphatic rings. The molecule has 0 radical (unpaired) electrons. The van der Waals surface area contributed by atoms with E-state index in [1.807, 2.05) is 0 Å². The normalized spacial score (nSPS) is 12.5. The van der Waals surface area contributed by atoms with Crippen LogP contribution in [0.4, 0.5) is 4.39 Å². The molecule has 0 amide bonds. The van der Waals surface area contributed by atoms with Gasteiger partial charge in [-0.1, -0.05) is 0 Å². The van der Waals surface area contributed by atoms with Gasteiger partial charge in [0.25, 0.3) is 0 Å². The van der Waals surface area contributed by atoms with Gasteiger partial charge < -0.3 is 19.7 Å². The lowest BCUT2D eigenvalue weighted by atomic mass is 10.2. The fourth-order valence-corrected chi connectivity index (χ4v) is 1.24. The third kappa shape index (κ3) is 3.77. The second-order valence-electron chi connectivity index (χ2n) is 3.33. The van der Waals surface area contributed by atoms with Gasteiger partial charge >= 0.3 is 0 Å². The first kappa shape index (κ1) is 12.9. The summed E-state index contributed by atoms with van der Waals surface area (Å²) < 4.78 is 22.8. The van der Waals surface area contributed by atoms with E-state index in [1.54, 1.807) is 0 Å². The summed E-state index contributed by atoms with van der Waals surface area (Å²) in [6.45, 7) is -0.115. The number of methoxy groups -OCH3 is 1. The number of rotatable bonds is 6. The van der Waals surface area contributed by atoms with Crippen LogP contribution in [-0.4, -0.2) is 36.6 Å². The van der Waals surface area contributed by atoms with Gasteiger partial charge in [-0.2, -0.15) is 0 Å². The molecule has 1 rings (SSSR count). The minimum atomic E-state index is -0.749. The number of ether oxygens (including phenoxy) is 2. The van der Waals surface area contributed by atoms with Crippen molar-refractivity contribution in [2.24, 2.45) is 0 Å². The molecule has 5 heteroatoms. The third-order valence-electron chi connectivity index (χ3n) is 1.98. The SMILES string of the molecule is COCC(O)COc1ccc(F)cc1CO. The topological polar surface area (TPSA) is 58.9 Å². The Hall–Kier alpha value is -1.17. The molecule has 0 bridgehead atoms. The first-order chi connectivity index (χ1) is 7.67. The van der Waals surface area contributed by atoms with E-state index in [9.17, 15) is 9.50 Å². The zero-order valence-electron chi connectivity index (χ0n) is 9.02. The molecule has 1 unspecified atom stereocenters. The van der Waals surface area contributed by atoms with Crippen LogP contribution in [0.3, 0.4) is 0 Å². The number of aliphatic hydroxyl groups is 2. The Labute approximate surface area is 93.2 Å². The molecule has 0 spiro atoms. The molecular formula is C11H15FO4. The van der Waals surface area contributed by atoms with E-state index < -0.39 is 11.9 Å². The minimum absolute atomic E-state index is 0.0342. The van der Waals surface area contributed by atoms with Gasteiger partial charge in [0.1, 0.15) is 24.3 Å². The molecule has 0 fully saturated rings. The maximum absolute atomic E-state index is 12.8. The Kier molecular flexibility index (Phi) is 5.18. The molecule has 0 aliphatic carbocycles. The highest BCUT2D eigenvalue weighted by Gasteiger charge is 2.08. The van der Waals surface area contributed by atoms with Crippen molar-refractivity contribution >= 4 is 0 Å². The summed E-state index contributed by atoms with van der Waals surface area (Å²) in [4.78, 5) is 0. The molecule has 1 aromatic carbocycles. The molecule has 0 heterocycles. The largest absolute Gasteiger partial charge is 0.490 e. The summed E-state index contributed by atoms with van der Waals surface area (Å²) in [5, 5.41) is 18.3. The van der Waals surface area contributed by atoms with E-state index in [0.29, 0.717) is 11.3 Å². The smallest absolute Gasteiger partial charge is 0.125 e. The van der Waals surface area contributed by atoms with Crippen molar-refractivity contribution < 1.29 is 24.1 Å². The highest BCUT2D eigenvalue weighted by molar-refractivity contribution is 5.33. The van der Waals surface area contributed by atoms with Gasteiger partial charge in [-0.15, -0.1) is 0 Å². The molecule has 1 aromatic rings. The van der Waals surface area contributed by atoms with E-state index in [-0.39, 0.29) is 19.8 Å². The minimum Gasteiger partial charge on any atom is -0.490 e. The number of benzene rings is 1. The van der Waals surface area contributed by atoms with Crippen molar-refractivity contribution in [3.63, 3.8) is 0 Å². The van der Waals surface area contributed by atoms with Crippen LogP contribution in [0.1, 0.15) is 5.56 Å². The number of halogens is 1. The predicted octanol–water partition coefficient (Wildman–Crippen LogP) is 0.704. The highest BCUT2D eigenvalue weighted by atomic mass is 19.1. The molecule has 16 heavy (non-hydrogen) atoms. The van der Waals surface area contributed by atoms with Crippen LogP contribution in [0.25, 0.3) is 0 Å². The summed E-state index contributed by atoms with van der Waals surface area (Å²) in [6, 6.07) is 3.84. The average molecular weight is 230 g/mol. The fourth-order valence-electron chi connectivity index (χ4n) is 1.24. The summed E-state index contributed by atoms with van der Waals surface area (Å²) in [6.07, 6.45) is -0.749. The zero-order valence-corrected chi connectivity index (χ0v) is 9.02. The van der Waals surface area contributed by atoms with E-state index in [4.69, 9.17) is 14.6 Å². The standard InChI is InChI=1S/C11H15FO4/c1-15-6-10(14)7-16-11-3-2-9(12)4-8(11)5-13/h2-4,10,13-14H,5-7H2,1H3. The van der Waals surface area contributed by atoms with Crippen LogP contribution in [-0.2, 0) is 11.3 Å². The fraction of sp³-hybridized carbons (Fsp3) is 0.455. The van der Waals surface area contributed by atoms with Crippen molar-refractivity contribution in [2.45, 2.75) is 12.7 Å². The molecule has 4 nitrogen and oxygen atoms in total. The Morgan fingerprint density at radius 3 is 2.75 bits per heavy atom. The molecule has 1 atom stereocenters. The molecule has 0 saturated heterocycles. The van der Waals surface area contributed by atoms with E-state index in [0.717, 1.165) is 0 Å². The van der Waals surface area contributed by atoms with Crippen molar-refractivity contribution in [1.29, 1.82) is 0 Å². The van der Waals surface area contributed by atoms with Gasteiger partial charge in [0.2, 0.25) is 0 Å². The molecule has 0 aromatic heterocycles. The Balaban J connectivity index is 2.59. The lowest BCUT2D eigenvalue weighted by Crippen LogP contribution is -2.22. The third-order valence-corrected chi connectivity index (χ3v) is 1.98. The van der Waals surface area contributed by atoms with Gasteiger partial charge in [-0.05, 0) is 18.2 Å². The first-order valence-corrected chi connectivity index (χ1v) is 4.86. The maximum Gasteiger partial charge on any atom is 0.125 e. The molecule has 2 N–H and O–H groups in total. The number of aliphatic hydroxyl groups excluding tert-OH is 2. The van der Waals surface area contributed by atoms with Gasteiger partial charge in [0.15, 0.2) is 0 Å². The highest BCUT2D eigenvalue weighted by Crippen LogP contribution is 2.19. The molecule has 0 saturated carbocycles. The lowest BCUT2D eigenvalue weighted by Gasteiger charge is -2.13. The number of hydrogen-bond acceptors (Lipinski definition) is 4. The number of hydrogen-bond donors (Lipinski definition) is 2. The molecular weight excluding hydrogens is 215 g/mol. The van der Waals surface area contributed by atoms with Crippen molar-refractivity contribution in [3.8, 4) is 5.75 Å². The van der Waals surface area contributed by atoms with E-state index in [2.05, 4.69) is 0 Å². The van der Waals surface area contributed by atoms with Crippen LogP contribution in [0.2, 0.25) is 0 Å². The lowest BCUT2D eigenvalue weighted by molar-refractivity contribution is 0.0320. The first-order valence-electron chi connectivity index (χ1n) is 4.86. The van der Waals surface area contributed by atoms with Gasteiger partial charge in [-0.3, -0.25) is 0 Å². The molecule has 0 aliphatic heterocycles. The average Bonchev–Trinajstić information content (AvgIpc) is 2.27. The van der Waals surface area contributed by atoms with Crippen LogP contribution < -0.4 is 4.74 Å². The van der Waals surface area contributed by atoms with Crippen LogP contribution in [0, 0.1) is 5.82 Å². The van der Waals surface area contributed by atoms with E-state index in [1.165, 1.54) is 25.3 Å². The predicted molar refractivity (Wildman–Crippen MR) is 55.7 cm³/mol. The van der Waals surface area contributed by atoms with Crippen LogP contribution in [0.5, 0.6) is 5.75 Å². The van der Waals surface area contributed by atoms with Gasteiger partial charge in [-0.25, -0.2) is 4.39 Å². The van der Waals surface area contributed by atoms with Crippen molar-refractivity contribution in [2.75, 3.05) is 20.3 Å². The Morgan fingerprint density at radius 2 is 2.12 bits per heavy atom. The Morgan fingerprint density at radius 1 is 1.38 bits per heavy atom. The monoisotopic (exact) mass is 230 g/mol. The summed E-state index contributed by atoms with van der Waals surface area (Å²) in [7, 11) is 1.47. The van der Waals surface area contributed by atoms with Crippen molar-refractivity contribution in [3.05, 3.63) is 29.6 Å². The van der Waals surface area contributed by atoms with Gasteiger partial charge in [0, 0.05) is 12.7 Å². The summed E-state index contributed by atoms with van der Waals surface area (Å²) in [5.41, 5.74) is 0.351. The Bertz CT molecular complexity index is 330. The van der Waals surface area contributed by atoms with Crippen LogP contribution in [0.15, 0.2) is 18.2 Å².